The van der Waals surface area contributed by atoms with E-state index in [2.05, 4.69) is 27.3 Å². The number of nitrogens with one attached hydrogen (secondary N) is 1. The second-order valence-corrected chi connectivity index (χ2v) is 6.78. The van der Waals surface area contributed by atoms with Gasteiger partial charge in [0, 0.05) is 37.4 Å². The number of carbonyl (C=O) groups excluding carboxylic acids is 1. The van der Waals surface area contributed by atoms with Crippen molar-refractivity contribution in [3.63, 3.8) is 0 Å². The fourth-order valence-corrected chi connectivity index (χ4v) is 2.53. The smallest absolute Gasteiger partial charge is 0.244 e. The van der Waals surface area contributed by atoms with Gasteiger partial charge in [-0.25, -0.2) is 4.99 Å². The molecule has 0 unspecified atom stereocenters. The van der Waals surface area contributed by atoms with Crippen LogP contribution in [0.4, 0.5) is 5.69 Å². The molecule has 1 aliphatic heterocycles. The molecule has 1 amide bonds. The standard InChI is InChI=1S/C17H27N5O/c1-17(2,3)20-16(18)19-13-15(23)22-11-9-21(10-12-22)14-7-5-4-6-8-14/h4-8H,9-13H2,1-3H3,(H3,18,19,20). The van der Waals surface area contributed by atoms with Crippen molar-refractivity contribution in [1.29, 1.82) is 0 Å². The van der Waals surface area contributed by atoms with Crippen LogP contribution in [0.25, 0.3) is 0 Å². The molecule has 23 heavy (non-hydrogen) atoms. The minimum atomic E-state index is -0.155. The van der Waals surface area contributed by atoms with Crippen LogP contribution in [0.15, 0.2) is 35.3 Å². The van der Waals surface area contributed by atoms with Gasteiger partial charge in [0.1, 0.15) is 6.54 Å². The van der Waals surface area contributed by atoms with E-state index in [4.69, 9.17) is 5.73 Å². The maximum Gasteiger partial charge on any atom is 0.244 e. The largest absolute Gasteiger partial charge is 0.370 e. The van der Waals surface area contributed by atoms with Crippen molar-refractivity contribution in [2.24, 2.45) is 10.7 Å². The SMILES string of the molecule is CC(C)(C)NC(N)=NCC(=O)N1CCN(c2ccccc2)CC1. The summed E-state index contributed by atoms with van der Waals surface area (Å²) in [4.78, 5) is 20.5. The van der Waals surface area contributed by atoms with Crippen molar-refractivity contribution in [2.75, 3.05) is 37.6 Å². The van der Waals surface area contributed by atoms with Crippen LogP contribution in [0, 0.1) is 0 Å². The fraction of sp³-hybridized carbons (Fsp3) is 0.529. The molecule has 0 radical (unpaired) electrons. The number of carbonyl (C=O) groups is 1. The minimum absolute atomic E-state index is 0.0244. The molecule has 3 N–H and O–H groups in total. The third-order valence-electron chi connectivity index (χ3n) is 3.64. The molecule has 6 nitrogen and oxygen atoms in total. The van der Waals surface area contributed by atoms with E-state index < -0.39 is 0 Å². The maximum atomic E-state index is 12.2. The van der Waals surface area contributed by atoms with E-state index in [1.807, 2.05) is 43.9 Å². The molecule has 0 aromatic heterocycles. The number of guanidine groups is 1. The lowest BCUT2D eigenvalue weighted by Crippen LogP contribution is -2.50. The van der Waals surface area contributed by atoms with Gasteiger partial charge in [0.25, 0.3) is 0 Å². The molecule has 1 aliphatic rings. The summed E-state index contributed by atoms with van der Waals surface area (Å²) >= 11 is 0. The summed E-state index contributed by atoms with van der Waals surface area (Å²) < 4.78 is 0. The Morgan fingerprint density at radius 2 is 1.78 bits per heavy atom. The van der Waals surface area contributed by atoms with E-state index in [1.54, 1.807) is 0 Å². The zero-order valence-electron chi connectivity index (χ0n) is 14.2. The van der Waals surface area contributed by atoms with Crippen molar-refractivity contribution in [2.45, 2.75) is 26.3 Å². The van der Waals surface area contributed by atoms with Gasteiger partial charge in [-0.05, 0) is 32.9 Å². The molecule has 1 saturated heterocycles. The number of anilines is 1. The van der Waals surface area contributed by atoms with Crippen LogP contribution in [0.5, 0.6) is 0 Å². The van der Waals surface area contributed by atoms with Gasteiger partial charge in [0.2, 0.25) is 5.91 Å². The average molecular weight is 317 g/mol. The number of para-hydroxylation sites is 1. The van der Waals surface area contributed by atoms with Crippen molar-refractivity contribution in [3.05, 3.63) is 30.3 Å². The number of nitrogens with two attached hydrogens (primary N) is 1. The van der Waals surface area contributed by atoms with Crippen LogP contribution in [-0.2, 0) is 4.79 Å². The van der Waals surface area contributed by atoms with Crippen LogP contribution in [-0.4, -0.2) is 55.0 Å². The van der Waals surface area contributed by atoms with Crippen molar-refractivity contribution in [1.82, 2.24) is 10.2 Å². The highest BCUT2D eigenvalue weighted by Gasteiger charge is 2.21. The van der Waals surface area contributed by atoms with Gasteiger partial charge >= 0.3 is 0 Å². The Labute approximate surface area is 138 Å². The first-order chi connectivity index (χ1) is 10.8. The molecule has 1 aromatic rings. The van der Waals surface area contributed by atoms with Crippen molar-refractivity contribution < 1.29 is 4.79 Å². The zero-order chi connectivity index (χ0) is 16.9. The van der Waals surface area contributed by atoms with Crippen LogP contribution < -0.4 is 16.0 Å². The van der Waals surface area contributed by atoms with Crippen molar-refractivity contribution in [3.8, 4) is 0 Å². The molecule has 1 fully saturated rings. The Morgan fingerprint density at radius 1 is 1.17 bits per heavy atom. The molecular weight excluding hydrogens is 290 g/mol. The monoisotopic (exact) mass is 317 g/mol. The van der Waals surface area contributed by atoms with E-state index in [0.29, 0.717) is 5.96 Å². The summed E-state index contributed by atoms with van der Waals surface area (Å²) in [6.07, 6.45) is 0. The van der Waals surface area contributed by atoms with Gasteiger partial charge < -0.3 is 20.9 Å². The first-order valence-electron chi connectivity index (χ1n) is 8.01. The summed E-state index contributed by atoms with van der Waals surface area (Å²) in [5.41, 5.74) is 6.85. The summed E-state index contributed by atoms with van der Waals surface area (Å²) in [5, 5.41) is 3.05. The van der Waals surface area contributed by atoms with E-state index in [-0.39, 0.29) is 18.0 Å². The molecule has 0 aliphatic carbocycles. The number of hydrogen-bond donors (Lipinski definition) is 2. The van der Waals surface area contributed by atoms with Crippen LogP contribution in [0.3, 0.4) is 0 Å². The number of benzene rings is 1. The minimum Gasteiger partial charge on any atom is -0.370 e. The summed E-state index contributed by atoms with van der Waals surface area (Å²) in [6, 6.07) is 10.3. The van der Waals surface area contributed by atoms with Crippen LogP contribution in [0.2, 0.25) is 0 Å². The maximum absolute atomic E-state index is 12.2. The predicted molar refractivity (Wildman–Crippen MR) is 94.6 cm³/mol. The molecule has 126 valence electrons. The Hall–Kier alpha value is -2.24. The normalized spacial score (nSPS) is 16.4. The predicted octanol–water partition coefficient (Wildman–Crippen LogP) is 1.04. The van der Waals surface area contributed by atoms with Gasteiger partial charge in [-0.15, -0.1) is 0 Å². The Morgan fingerprint density at radius 3 is 2.35 bits per heavy atom. The highest BCUT2D eigenvalue weighted by Crippen LogP contribution is 2.15. The van der Waals surface area contributed by atoms with Crippen molar-refractivity contribution >= 4 is 17.6 Å². The number of amides is 1. The summed E-state index contributed by atoms with van der Waals surface area (Å²) in [7, 11) is 0. The Bertz CT molecular complexity index is 542. The quantitative estimate of drug-likeness (QED) is 0.645. The Kier molecular flexibility index (Phi) is 5.47. The number of aliphatic imine (C=N–C) groups is 1. The molecule has 1 heterocycles. The van der Waals surface area contributed by atoms with E-state index in [9.17, 15) is 4.79 Å². The lowest BCUT2D eigenvalue weighted by Gasteiger charge is -2.36. The Balaban J connectivity index is 1.81. The highest BCUT2D eigenvalue weighted by atomic mass is 16.2. The lowest BCUT2D eigenvalue weighted by atomic mass is 10.1. The topological polar surface area (TPSA) is 74.0 Å². The first kappa shape index (κ1) is 17.1. The molecule has 0 bridgehead atoms. The third-order valence-corrected chi connectivity index (χ3v) is 3.64. The van der Waals surface area contributed by atoms with Crippen LogP contribution >= 0.6 is 0 Å². The first-order valence-corrected chi connectivity index (χ1v) is 8.01. The fourth-order valence-electron chi connectivity index (χ4n) is 2.53. The van der Waals surface area contributed by atoms with E-state index >= 15 is 0 Å². The molecular formula is C17H27N5O. The molecule has 6 heteroatoms. The summed E-state index contributed by atoms with van der Waals surface area (Å²) in [6.45, 7) is 9.22. The van der Waals surface area contributed by atoms with E-state index in [1.165, 1.54) is 5.69 Å². The zero-order valence-corrected chi connectivity index (χ0v) is 14.2. The van der Waals surface area contributed by atoms with Gasteiger partial charge in [-0.2, -0.15) is 0 Å². The lowest BCUT2D eigenvalue weighted by molar-refractivity contribution is -0.129. The number of nitrogens with zero attached hydrogens (tertiary/aromatic N) is 3. The molecule has 0 spiro atoms. The number of piperazine rings is 1. The van der Waals surface area contributed by atoms with Crippen LogP contribution in [0.1, 0.15) is 20.8 Å². The molecule has 2 rings (SSSR count). The molecule has 0 saturated carbocycles. The second kappa shape index (κ2) is 7.35. The van der Waals surface area contributed by atoms with Gasteiger partial charge in [0.05, 0.1) is 0 Å². The second-order valence-electron chi connectivity index (χ2n) is 6.78. The molecule has 0 atom stereocenters. The highest BCUT2D eigenvalue weighted by molar-refractivity contribution is 5.84. The number of rotatable bonds is 3. The van der Waals surface area contributed by atoms with Gasteiger partial charge in [-0.1, -0.05) is 18.2 Å². The number of hydrogen-bond acceptors (Lipinski definition) is 3. The van der Waals surface area contributed by atoms with Gasteiger partial charge in [0.15, 0.2) is 5.96 Å². The molecule has 1 aromatic carbocycles. The third kappa shape index (κ3) is 5.47. The average Bonchev–Trinajstić information content (AvgIpc) is 2.52. The van der Waals surface area contributed by atoms with Gasteiger partial charge in [-0.3, -0.25) is 4.79 Å². The summed E-state index contributed by atoms with van der Waals surface area (Å²) in [5.74, 6) is 0.338. The van der Waals surface area contributed by atoms with E-state index in [0.717, 1.165) is 26.2 Å².